The van der Waals surface area contributed by atoms with E-state index in [1.807, 2.05) is 0 Å². The minimum atomic E-state index is -1.02. The van der Waals surface area contributed by atoms with Gasteiger partial charge in [0.15, 0.2) is 0 Å². The summed E-state index contributed by atoms with van der Waals surface area (Å²) < 4.78 is 5.25. The van der Waals surface area contributed by atoms with Gasteiger partial charge in [-0.1, -0.05) is 32.1 Å². The number of hydrogen-bond donors (Lipinski definition) is 4. The number of hydrogen-bond acceptors (Lipinski definition) is 4. The van der Waals surface area contributed by atoms with Crippen molar-refractivity contribution < 1.29 is 24.5 Å². The van der Waals surface area contributed by atoms with Crippen LogP contribution in [0.1, 0.15) is 51.4 Å². The Balaban J connectivity index is 2.99. The monoisotopic (exact) mass is 318 g/mol. The number of carboxylic acids is 1. The Bertz CT molecular complexity index is 259. The lowest BCUT2D eigenvalue weighted by atomic mass is 10.1. The van der Waals surface area contributed by atoms with Crippen LogP contribution in [-0.2, 0) is 9.53 Å². The van der Waals surface area contributed by atoms with Crippen LogP contribution in [0, 0.1) is 0 Å². The van der Waals surface area contributed by atoms with Crippen molar-refractivity contribution in [3.63, 3.8) is 0 Å². The molecule has 0 aliphatic carbocycles. The first-order chi connectivity index (χ1) is 10.6. The van der Waals surface area contributed by atoms with Gasteiger partial charge in [-0.15, -0.1) is 0 Å². The Kier molecular flexibility index (Phi) is 15.1. The van der Waals surface area contributed by atoms with Crippen molar-refractivity contribution in [1.29, 1.82) is 0 Å². The molecule has 0 aromatic heterocycles. The lowest BCUT2D eigenvalue weighted by Gasteiger charge is -2.06. The highest BCUT2D eigenvalue weighted by molar-refractivity contribution is 5.66. The zero-order chi connectivity index (χ0) is 16.5. The fourth-order valence-electron chi connectivity index (χ4n) is 2.01. The molecule has 0 radical (unpaired) electrons. The van der Waals surface area contributed by atoms with Crippen LogP contribution in [0.15, 0.2) is 0 Å². The van der Waals surface area contributed by atoms with Crippen LogP contribution < -0.4 is 10.6 Å². The molecule has 0 unspecified atom stereocenters. The average Bonchev–Trinajstić information content (AvgIpc) is 2.46. The van der Waals surface area contributed by atoms with Crippen molar-refractivity contribution in [3.05, 3.63) is 0 Å². The third-order valence-electron chi connectivity index (χ3n) is 3.19. The normalized spacial score (nSPS) is 10.5. The van der Waals surface area contributed by atoms with Gasteiger partial charge in [0.1, 0.15) is 0 Å². The van der Waals surface area contributed by atoms with Crippen molar-refractivity contribution in [2.45, 2.75) is 51.4 Å². The van der Waals surface area contributed by atoms with Gasteiger partial charge in [-0.25, -0.2) is 4.79 Å². The van der Waals surface area contributed by atoms with Crippen LogP contribution in [0.3, 0.4) is 0 Å². The number of carbonyl (C=O) groups is 2. The van der Waals surface area contributed by atoms with Gasteiger partial charge in [0.2, 0.25) is 0 Å². The predicted molar refractivity (Wildman–Crippen MR) is 84.3 cm³/mol. The Labute approximate surface area is 132 Å². The Hall–Kier alpha value is -1.34. The fourth-order valence-corrected chi connectivity index (χ4v) is 2.01. The van der Waals surface area contributed by atoms with E-state index in [4.69, 9.17) is 14.9 Å². The number of rotatable bonds is 16. The first kappa shape index (κ1) is 20.7. The van der Waals surface area contributed by atoms with Gasteiger partial charge >= 0.3 is 12.1 Å². The standard InChI is InChI=1S/C15H30N2O5/c18-14(19)8-6-4-2-1-3-5-7-9-16-10-12-22-13-11-17-15(20)21/h16-17H,1-13H2,(H,18,19)(H,20,21). The molecule has 4 N–H and O–H groups in total. The van der Waals surface area contributed by atoms with E-state index in [-0.39, 0.29) is 0 Å². The van der Waals surface area contributed by atoms with Crippen LogP contribution >= 0.6 is 0 Å². The number of aliphatic carboxylic acids is 1. The fraction of sp³-hybridized carbons (Fsp3) is 0.867. The van der Waals surface area contributed by atoms with Gasteiger partial charge in [-0.3, -0.25) is 4.79 Å². The zero-order valence-corrected chi connectivity index (χ0v) is 13.3. The molecule has 0 aliphatic heterocycles. The third kappa shape index (κ3) is 18.7. The second kappa shape index (κ2) is 16.0. The van der Waals surface area contributed by atoms with Crippen LogP contribution in [0.4, 0.5) is 4.79 Å². The van der Waals surface area contributed by atoms with Crippen molar-refractivity contribution in [2.75, 3.05) is 32.8 Å². The maximum absolute atomic E-state index is 10.3. The van der Waals surface area contributed by atoms with E-state index in [9.17, 15) is 9.59 Å². The molecule has 0 atom stereocenters. The van der Waals surface area contributed by atoms with E-state index in [0.717, 1.165) is 38.8 Å². The third-order valence-corrected chi connectivity index (χ3v) is 3.19. The number of nitrogens with one attached hydrogen (secondary N) is 2. The summed E-state index contributed by atoms with van der Waals surface area (Å²) in [6.07, 6.45) is 6.90. The summed E-state index contributed by atoms with van der Waals surface area (Å²) in [4.78, 5) is 20.5. The van der Waals surface area contributed by atoms with Gasteiger partial charge in [0.25, 0.3) is 0 Å². The molecule has 22 heavy (non-hydrogen) atoms. The van der Waals surface area contributed by atoms with Crippen LogP contribution in [0.5, 0.6) is 0 Å². The second-order valence-electron chi connectivity index (χ2n) is 5.21. The van der Waals surface area contributed by atoms with Crippen molar-refractivity contribution >= 4 is 12.1 Å². The van der Waals surface area contributed by atoms with Crippen molar-refractivity contribution in [2.24, 2.45) is 0 Å². The minimum Gasteiger partial charge on any atom is -0.481 e. The summed E-state index contributed by atoms with van der Waals surface area (Å²) >= 11 is 0. The Morgan fingerprint density at radius 2 is 1.36 bits per heavy atom. The molecule has 0 spiro atoms. The lowest BCUT2D eigenvalue weighted by molar-refractivity contribution is -0.137. The molecule has 0 rings (SSSR count). The summed E-state index contributed by atoms with van der Waals surface area (Å²) in [5.41, 5.74) is 0. The SMILES string of the molecule is O=C(O)CCCCCCCCCNCCOCCNC(=O)O. The molecule has 130 valence electrons. The van der Waals surface area contributed by atoms with Gasteiger partial charge in [0.05, 0.1) is 13.2 Å². The van der Waals surface area contributed by atoms with E-state index in [0.29, 0.717) is 26.2 Å². The van der Waals surface area contributed by atoms with E-state index < -0.39 is 12.1 Å². The molecular weight excluding hydrogens is 288 g/mol. The Morgan fingerprint density at radius 1 is 0.773 bits per heavy atom. The van der Waals surface area contributed by atoms with E-state index in [1.165, 1.54) is 19.3 Å². The molecule has 7 heteroatoms. The second-order valence-corrected chi connectivity index (χ2v) is 5.21. The molecule has 0 aromatic carbocycles. The molecule has 0 bridgehead atoms. The molecule has 0 aliphatic rings. The van der Waals surface area contributed by atoms with Crippen molar-refractivity contribution in [3.8, 4) is 0 Å². The summed E-state index contributed by atoms with van der Waals surface area (Å²) in [6, 6.07) is 0. The molecule has 0 saturated heterocycles. The van der Waals surface area contributed by atoms with Gasteiger partial charge in [-0.2, -0.15) is 0 Å². The van der Waals surface area contributed by atoms with E-state index >= 15 is 0 Å². The smallest absolute Gasteiger partial charge is 0.404 e. The van der Waals surface area contributed by atoms with Crippen LogP contribution in [0.25, 0.3) is 0 Å². The molecule has 7 nitrogen and oxygen atoms in total. The molecule has 0 heterocycles. The number of unbranched alkanes of at least 4 members (excludes halogenated alkanes) is 6. The first-order valence-electron chi connectivity index (χ1n) is 8.10. The topological polar surface area (TPSA) is 108 Å². The molecule has 0 aromatic rings. The zero-order valence-electron chi connectivity index (χ0n) is 13.3. The van der Waals surface area contributed by atoms with E-state index in [1.54, 1.807) is 0 Å². The number of ether oxygens (including phenoxy) is 1. The molecule has 0 fully saturated rings. The van der Waals surface area contributed by atoms with Crippen LogP contribution in [0.2, 0.25) is 0 Å². The molecule has 1 amide bonds. The van der Waals surface area contributed by atoms with Gasteiger partial charge < -0.3 is 25.6 Å². The van der Waals surface area contributed by atoms with Gasteiger partial charge in [0, 0.05) is 19.5 Å². The highest BCUT2D eigenvalue weighted by atomic mass is 16.5. The number of carboxylic acid groups (broad SMARTS) is 2. The number of amides is 1. The maximum Gasteiger partial charge on any atom is 0.404 e. The quantitative estimate of drug-likeness (QED) is 0.324. The summed E-state index contributed by atoms with van der Waals surface area (Å²) in [5, 5.41) is 22.4. The highest BCUT2D eigenvalue weighted by Crippen LogP contribution is 2.08. The van der Waals surface area contributed by atoms with Crippen LogP contribution in [-0.4, -0.2) is 55.1 Å². The summed E-state index contributed by atoms with van der Waals surface area (Å²) in [6.45, 7) is 3.06. The lowest BCUT2D eigenvalue weighted by Crippen LogP contribution is -2.27. The minimum absolute atomic E-state index is 0.290. The predicted octanol–water partition coefficient (Wildman–Crippen LogP) is 2.07. The molecular formula is C15H30N2O5. The highest BCUT2D eigenvalue weighted by Gasteiger charge is 1.97. The summed E-state index contributed by atoms with van der Waals surface area (Å²) in [7, 11) is 0. The van der Waals surface area contributed by atoms with Crippen molar-refractivity contribution in [1.82, 2.24) is 10.6 Å². The van der Waals surface area contributed by atoms with E-state index in [2.05, 4.69) is 10.6 Å². The average molecular weight is 318 g/mol. The summed E-state index contributed by atoms with van der Waals surface area (Å²) in [5.74, 6) is -0.701. The first-order valence-corrected chi connectivity index (χ1v) is 8.10. The Morgan fingerprint density at radius 3 is 2.00 bits per heavy atom. The molecule has 0 saturated carbocycles. The maximum atomic E-state index is 10.3. The largest absolute Gasteiger partial charge is 0.481 e. The van der Waals surface area contributed by atoms with Gasteiger partial charge in [-0.05, 0) is 19.4 Å².